The van der Waals surface area contributed by atoms with Crippen molar-refractivity contribution in [1.29, 1.82) is 0 Å². The summed E-state index contributed by atoms with van der Waals surface area (Å²) in [7, 11) is 0. The molecule has 2 heteroatoms. The van der Waals surface area contributed by atoms with Crippen molar-refractivity contribution in [2.24, 2.45) is 0 Å². The normalized spacial score (nSPS) is 13.4. The molecule has 0 radical (unpaired) electrons. The number of rotatable bonds is 4. The summed E-state index contributed by atoms with van der Waals surface area (Å²) in [6.45, 7) is 4.42. The molecule has 238 valence electrons. The molecule has 50 heavy (non-hydrogen) atoms. The number of hydrogen-bond donors (Lipinski definition) is 0. The van der Waals surface area contributed by atoms with Crippen LogP contribution in [0.5, 0.6) is 0 Å². The summed E-state index contributed by atoms with van der Waals surface area (Å²) in [5.74, 6) is 0.193. The van der Waals surface area contributed by atoms with Gasteiger partial charge in [-0.05, 0) is 150 Å². The van der Waals surface area contributed by atoms with Gasteiger partial charge in [0.05, 0.1) is 5.41 Å². The molecule has 0 N–H and O–H groups in total. The van der Waals surface area contributed by atoms with Crippen LogP contribution in [0.1, 0.15) is 47.6 Å². The van der Waals surface area contributed by atoms with Gasteiger partial charge in [0.15, 0.2) is 0 Å². The molecule has 0 aromatic heterocycles. The summed E-state index contributed by atoms with van der Waals surface area (Å²) in [5, 5.41) is 4.87. The van der Waals surface area contributed by atoms with Crippen LogP contribution in [0.4, 0.5) is 21.5 Å². The van der Waals surface area contributed by atoms with Crippen LogP contribution >= 0.6 is 0 Å². The van der Waals surface area contributed by atoms with Gasteiger partial charge in [-0.25, -0.2) is 4.39 Å². The molecule has 0 aliphatic heterocycles. The maximum Gasteiger partial charge on any atom is 0.123 e. The molecule has 0 heterocycles. The predicted octanol–water partition coefficient (Wildman–Crippen LogP) is 13.1. The number of benzene rings is 8. The maximum atomic E-state index is 14.2. The molecule has 0 saturated heterocycles. The lowest BCUT2D eigenvalue weighted by Gasteiger charge is -2.31. The minimum absolute atomic E-state index is 0.243. The molecule has 0 saturated carbocycles. The van der Waals surface area contributed by atoms with E-state index in [1.54, 1.807) is 12.1 Å². The molecule has 1 nitrogen and oxygen atoms in total. The highest BCUT2D eigenvalue weighted by Gasteiger charge is 2.51. The van der Waals surface area contributed by atoms with E-state index in [0.717, 1.165) is 17.1 Å². The monoisotopic (exact) mass is 643 g/mol. The van der Waals surface area contributed by atoms with Crippen LogP contribution in [0.3, 0.4) is 0 Å². The lowest BCUT2D eigenvalue weighted by molar-refractivity contribution is 0.628. The first-order valence-corrected chi connectivity index (χ1v) is 17.5. The molecule has 2 aliphatic carbocycles. The van der Waals surface area contributed by atoms with Gasteiger partial charge in [-0.3, -0.25) is 0 Å². The Morgan fingerprint density at radius 3 is 1.50 bits per heavy atom. The number of hydrogen-bond acceptors (Lipinski definition) is 1. The van der Waals surface area contributed by atoms with Crippen molar-refractivity contribution in [2.75, 3.05) is 4.90 Å². The second kappa shape index (κ2) is 10.8. The summed E-state index contributed by atoms with van der Waals surface area (Å²) in [5.41, 5.74) is 14.4. The molecule has 0 bridgehead atoms. The van der Waals surface area contributed by atoms with E-state index in [4.69, 9.17) is 0 Å². The first-order chi connectivity index (χ1) is 24.5. The van der Waals surface area contributed by atoms with Crippen molar-refractivity contribution >= 4 is 38.6 Å². The Hall–Kier alpha value is -5.99. The number of nitrogens with zero attached hydrogens (tertiary/aromatic N) is 1. The van der Waals surface area contributed by atoms with Crippen LogP contribution in [0, 0.1) is 5.82 Å². The maximum absolute atomic E-state index is 14.2. The lowest BCUT2D eigenvalue weighted by Crippen LogP contribution is -2.25. The average molecular weight is 644 g/mol. The fourth-order valence-electron chi connectivity index (χ4n) is 8.74. The number of halogens is 1. The molecule has 0 fully saturated rings. The van der Waals surface area contributed by atoms with E-state index in [9.17, 15) is 4.39 Å². The van der Waals surface area contributed by atoms with Gasteiger partial charge in [0.25, 0.3) is 0 Å². The SMILES string of the molecule is CC(C)c1ccc(N(c2ccc(F)cc2)c2ccc3cc4c(cc3c2)C2(c3ccccc3-c3ccccc32)c2cc3ccccc3cc2-4)cc1. The third-order valence-electron chi connectivity index (χ3n) is 11.1. The van der Waals surface area contributed by atoms with Gasteiger partial charge in [0, 0.05) is 17.1 Å². The van der Waals surface area contributed by atoms with Crippen molar-refractivity contribution in [3.05, 3.63) is 197 Å². The van der Waals surface area contributed by atoms with Gasteiger partial charge < -0.3 is 4.90 Å². The standard InChI is InChI=1S/C48H34FN/c1-30(2)31-15-20-37(21-16-31)50(38-23-18-36(49)19-24-38)39-22-17-34-27-43-42-26-32-9-3-4-10-33(32)28-46(42)48(47(43)29-35(34)25-39)44-13-7-5-11-40(44)41-12-6-8-14-45(41)48/h3-30H,1-2H3. The Bertz CT molecular complexity index is 2590. The third kappa shape index (κ3) is 4.05. The molecule has 8 aromatic rings. The summed E-state index contributed by atoms with van der Waals surface area (Å²) < 4.78 is 14.2. The van der Waals surface area contributed by atoms with Crippen LogP contribution in [0.25, 0.3) is 43.8 Å². The van der Waals surface area contributed by atoms with E-state index in [1.807, 2.05) is 12.1 Å². The Morgan fingerprint density at radius 2 is 0.900 bits per heavy atom. The van der Waals surface area contributed by atoms with Crippen molar-refractivity contribution in [3.63, 3.8) is 0 Å². The highest BCUT2D eigenvalue weighted by atomic mass is 19.1. The highest BCUT2D eigenvalue weighted by molar-refractivity contribution is 6.04. The van der Waals surface area contributed by atoms with Gasteiger partial charge in [-0.1, -0.05) is 105 Å². The first-order valence-electron chi connectivity index (χ1n) is 17.5. The molecule has 0 atom stereocenters. The summed E-state index contributed by atoms with van der Waals surface area (Å²) in [6.07, 6.45) is 0. The minimum Gasteiger partial charge on any atom is -0.310 e. The van der Waals surface area contributed by atoms with Crippen molar-refractivity contribution < 1.29 is 4.39 Å². The predicted molar refractivity (Wildman–Crippen MR) is 206 cm³/mol. The molecule has 0 amide bonds. The molecule has 1 spiro atoms. The first kappa shape index (κ1) is 29.0. The van der Waals surface area contributed by atoms with Gasteiger partial charge in [0.1, 0.15) is 5.82 Å². The minimum atomic E-state index is -0.435. The zero-order valence-electron chi connectivity index (χ0n) is 28.0. The number of fused-ring (bicyclic) bond motifs is 12. The Kier molecular flexibility index (Phi) is 6.23. The van der Waals surface area contributed by atoms with Gasteiger partial charge >= 0.3 is 0 Å². The zero-order chi connectivity index (χ0) is 33.6. The topological polar surface area (TPSA) is 3.24 Å². The van der Waals surface area contributed by atoms with E-state index in [-0.39, 0.29) is 5.82 Å². The zero-order valence-corrected chi connectivity index (χ0v) is 28.0. The second-order valence-corrected chi connectivity index (χ2v) is 14.1. The van der Waals surface area contributed by atoms with E-state index in [2.05, 4.69) is 158 Å². The molecule has 8 aromatic carbocycles. The highest BCUT2D eigenvalue weighted by Crippen LogP contribution is 2.63. The van der Waals surface area contributed by atoms with Crippen LogP contribution in [0.2, 0.25) is 0 Å². The molecule has 0 unspecified atom stereocenters. The fraction of sp³-hybridized carbons (Fsp3) is 0.0833. The van der Waals surface area contributed by atoms with Crippen LogP contribution in [-0.4, -0.2) is 0 Å². The fourth-order valence-corrected chi connectivity index (χ4v) is 8.74. The smallest absolute Gasteiger partial charge is 0.123 e. The third-order valence-corrected chi connectivity index (χ3v) is 11.1. The van der Waals surface area contributed by atoms with Gasteiger partial charge in [-0.15, -0.1) is 0 Å². The molecular weight excluding hydrogens is 610 g/mol. The van der Waals surface area contributed by atoms with Gasteiger partial charge in [0.2, 0.25) is 0 Å². The molecule has 2 aliphatic rings. The van der Waals surface area contributed by atoms with Gasteiger partial charge in [-0.2, -0.15) is 0 Å². The van der Waals surface area contributed by atoms with Crippen molar-refractivity contribution in [3.8, 4) is 22.3 Å². The number of anilines is 3. The Morgan fingerprint density at radius 1 is 0.420 bits per heavy atom. The average Bonchev–Trinajstić information content (AvgIpc) is 3.60. The second-order valence-electron chi connectivity index (χ2n) is 14.1. The Labute approximate surface area is 291 Å². The van der Waals surface area contributed by atoms with E-state index in [1.165, 1.54) is 71.6 Å². The summed E-state index contributed by atoms with van der Waals surface area (Å²) in [4.78, 5) is 2.23. The molecule has 10 rings (SSSR count). The molecular formula is C48H34FN. The summed E-state index contributed by atoms with van der Waals surface area (Å²) in [6, 6.07) is 58.7. The van der Waals surface area contributed by atoms with E-state index in [0.29, 0.717) is 5.92 Å². The van der Waals surface area contributed by atoms with Crippen LogP contribution < -0.4 is 4.90 Å². The van der Waals surface area contributed by atoms with Crippen molar-refractivity contribution in [2.45, 2.75) is 25.2 Å². The van der Waals surface area contributed by atoms with Crippen LogP contribution in [0.15, 0.2) is 164 Å². The summed E-state index contributed by atoms with van der Waals surface area (Å²) >= 11 is 0. The lowest BCUT2D eigenvalue weighted by atomic mass is 9.70. The quantitative estimate of drug-likeness (QED) is 0.184. The van der Waals surface area contributed by atoms with Crippen LogP contribution in [-0.2, 0) is 5.41 Å². The largest absolute Gasteiger partial charge is 0.310 e. The Balaban J connectivity index is 1.24. The van der Waals surface area contributed by atoms with E-state index >= 15 is 0 Å². The van der Waals surface area contributed by atoms with Crippen molar-refractivity contribution in [1.82, 2.24) is 0 Å². The van der Waals surface area contributed by atoms with E-state index < -0.39 is 5.41 Å².